The van der Waals surface area contributed by atoms with Crippen LogP contribution in [0.5, 0.6) is 0 Å². The van der Waals surface area contributed by atoms with E-state index >= 15 is 0 Å². The average molecular weight is 378 g/mol. The topological polar surface area (TPSA) is 46.9 Å². The molecule has 0 aliphatic carbocycles. The van der Waals surface area contributed by atoms with Crippen molar-refractivity contribution in [3.63, 3.8) is 0 Å². The maximum absolute atomic E-state index is 12.1. The summed E-state index contributed by atoms with van der Waals surface area (Å²) >= 11 is 13.1. The number of carbonyl (C=O) groups excluding carboxylic acids is 1. The summed E-state index contributed by atoms with van der Waals surface area (Å²) in [6, 6.07) is 14.4. The number of benzene rings is 2. The minimum atomic E-state index is -0.104. The summed E-state index contributed by atoms with van der Waals surface area (Å²) < 4.78 is 1.91. The number of amides is 1. The summed E-state index contributed by atoms with van der Waals surface area (Å²) in [5.41, 5.74) is 1.66. The molecule has 7 heteroatoms. The molecule has 0 saturated carbocycles. The van der Waals surface area contributed by atoms with Crippen molar-refractivity contribution in [3.05, 3.63) is 71.0 Å². The molecule has 0 radical (unpaired) electrons. The molecule has 1 aromatic heterocycles. The van der Waals surface area contributed by atoms with Gasteiger partial charge in [-0.15, -0.1) is 0 Å². The van der Waals surface area contributed by atoms with Gasteiger partial charge in [0.25, 0.3) is 0 Å². The molecule has 0 saturated heterocycles. The number of halogens is 2. The first-order chi connectivity index (χ1) is 11.6. The molecule has 3 rings (SSSR count). The van der Waals surface area contributed by atoms with Gasteiger partial charge in [-0.2, -0.15) is 0 Å². The van der Waals surface area contributed by atoms with Crippen molar-refractivity contribution in [1.82, 2.24) is 9.55 Å². The van der Waals surface area contributed by atoms with Crippen LogP contribution in [0.15, 0.2) is 66.1 Å². The first-order valence-electron chi connectivity index (χ1n) is 7.09. The Morgan fingerprint density at radius 1 is 1.04 bits per heavy atom. The third-order valence-electron chi connectivity index (χ3n) is 3.17. The van der Waals surface area contributed by atoms with Crippen LogP contribution in [-0.4, -0.2) is 21.2 Å². The van der Waals surface area contributed by atoms with Gasteiger partial charge in [-0.1, -0.05) is 35.0 Å². The highest BCUT2D eigenvalue weighted by molar-refractivity contribution is 7.99. The van der Waals surface area contributed by atoms with Crippen LogP contribution in [-0.2, 0) is 4.79 Å². The van der Waals surface area contributed by atoms with Crippen LogP contribution in [0, 0.1) is 0 Å². The van der Waals surface area contributed by atoms with Crippen molar-refractivity contribution < 1.29 is 4.79 Å². The maximum Gasteiger partial charge on any atom is 0.234 e. The van der Waals surface area contributed by atoms with E-state index in [4.69, 9.17) is 23.2 Å². The Kier molecular flexibility index (Phi) is 5.45. The zero-order chi connectivity index (χ0) is 16.9. The van der Waals surface area contributed by atoms with Crippen LogP contribution in [0.3, 0.4) is 0 Å². The highest BCUT2D eigenvalue weighted by atomic mass is 35.5. The van der Waals surface area contributed by atoms with Crippen molar-refractivity contribution in [3.8, 4) is 5.69 Å². The van der Waals surface area contributed by atoms with E-state index in [-0.39, 0.29) is 11.7 Å². The summed E-state index contributed by atoms with van der Waals surface area (Å²) in [6.45, 7) is 0. The number of imidazole rings is 1. The summed E-state index contributed by atoms with van der Waals surface area (Å²) in [4.78, 5) is 16.4. The predicted octanol–water partition coefficient (Wildman–Crippen LogP) is 4.91. The lowest BCUT2D eigenvalue weighted by Crippen LogP contribution is -2.14. The molecule has 3 aromatic rings. The molecule has 1 N–H and O–H groups in total. The Hall–Kier alpha value is -1.95. The number of nitrogens with zero attached hydrogens (tertiary/aromatic N) is 2. The van der Waals surface area contributed by atoms with E-state index in [0.29, 0.717) is 15.7 Å². The molecule has 4 nitrogen and oxygen atoms in total. The number of hydrogen-bond donors (Lipinski definition) is 1. The first-order valence-corrected chi connectivity index (χ1v) is 8.83. The molecule has 0 aliphatic rings. The largest absolute Gasteiger partial charge is 0.325 e. The van der Waals surface area contributed by atoms with Gasteiger partial charge in [0.1, 0.15) is 0 Å². The second-order valence-electron chi connectivity index (χ2n) is 4.90. The van der Waals surface area contributed by atoms with Gasteiger partial charge in [0.2, 0.25) is 5.91 Å². The van der Waals surface area contributed by atoms with Gasteiger partial charge < -0.3 is 5.32 Å². The van der Waals surface area contributed by atoms with E-state index in [0.717, 1.165) is 10.8 Å². The Morgan fingerprint density at radius 3 is 2.33 bits per heavy atom. The number of hydrogen-bond acceptors (Lipinski definition) is 3. The molecule has 2 aromatic carbocycles. The van der Waals surface area contributed by atoms with E-state index in [9.17, 15) is 4.79 Å². The summed E-state index contributed by atoms with van der Waals surface area (Å²) in [5.74, 6) is 0.153. The smallest absolute Gasteiger partial charge is 0.234 e. The van der Waals surface area contributed by atoms with Gasteiger partial charge in [0, 0.05) is 33.8 Å². The third kappa shape index (κ3) is 4.32. The van der Waals surface area contributed by atoms with Crippen LogP contribution in [0.2, 0.25) is 10.0 Å². The molecule has 0 bridgehead atoms. The quantitative estimate of drug-likeness (QED) is 0.642. The lowest BCUT2D eigenvalue weighted by atomic mass is 10.3. The van der Waals surface area contributed by atoms with Crippen molar-refractivity contribution >= 4 is 46.6 Å². The monoisotopic (exact) mass is 377 g/mol. The van der Waals surface area contributed by atoms with Gasteiger partial charge in [-0.25, -0.2) is 4.98 Å². The van der Waals surface area contributed by atoms with Crippen LogP contribution in [0.1, 0.15) is 0 Å². The van der Waals surface area contributed by atoms with Gasteiger partial charge in [-0.3, -0.25) is 9.36 Å². The van der Waals surface area contributed by atoms with E-state index in [1.807, 2.05) is 35.0 Å². The number of thioether (sulfide) groups is 1. The number of nitrogens with one attached hydrogen (secondary N) is 1. The van der Waals surface area contributed by atoms with E-state index < -0.39 is 0 Å². The van der Waals surface area contributed by atoms with Crippen LogP contribution < -0.4 is 5.32 Å². The Balaban J connectivity index is 1.63. The van der Waals surface area contributed by atoms with E-state index in [1.54, 1.807) is 30.5 Å². The normalized spacial score (nSPS) is 10.6. The number of anilines is 1. The SMILES string of the molecule is O=C(CSc1nccn1-c1ccc(Cl)cc1)Nc1ccc(Cl)cc1. The van der Waals surface area contributed by atoms with Crippen molar-refractivity contribution in [1.29, 1.82) is 0 Å². The fraction of sp³-hybridized carbons (Fsp3) is 0.0588. The number of carbonyl (C=O) groups is 1. The van der Waals surface area contributed by atoms with Crippen LogP contribution in [0.25, 0.3) is 5.69 Å². The minimum absolute atomic E-state index is 0.104. The van der Waals surface area contributed by atoms with Gasteiger partial charge in [-0.05, 0) is 48.5 Å². The van der Waals surface area contributed by atoms with E-state index in [2.05, 4.69) is 10.3 Å². The molecule has 0 aliphatic heterocycles. The van der Waals surface area contributed by atoms with E-state index in [1.165, 1.54) is 11.8 Å². The summed E-state index contributed by atoms with van der Waals surface area (Å²) in [6.07, 6.45) is 3.55. The number of rotatable bonds is 5. The fourth-order valence-corrected chi connectivity index (χ4v) is 3.08. The van der Waals surface area contributed by atoms with Gasteiger partial charge in [0.15, 0.2) is 5.16 Å². The molecular formula is C17H13Cl2N3OS. The fourth-order valence-electron chi connectivity index (χ4n) is 2.06. The second-order valence-corrected chi connectivity index (χ2v) is 6.72. The van der Waals surface area contributed by atoms with Crippen molar-refractivity contribution in [2.24, 2.45) is 0 Å². The minimum Gasteiger partial charge on any atom is -0.325 e. The zero-order valence-corrected chi connectivity index (χ0v) is 14.8. The second kappa shape index (κ2) is 7.75. The Labute approximate surface area is 153 Å². The zero-order valence-electron chi connectivity index (χ0n) is 12.4. The predicted molar refractivity (Wildman–Crippen MR) is 99.4 cm³/mol. The summed E-state index contributed by atoms with van der Waals surface area (Å²) in [5, 5.41) is 4.87. The molecular weight excluding hydrogens is 365 g/mol. The number of aromatic nitrogens is 2. The van der Waals surface area contributed by atoms with Crippen LogP contribution >= 0.6 is 35.0 Å². The third-order valence-corrected chi connectivity index (χ3v) is 4.64. The lowest BCUT2D eigenvalue weighted by Gasteiger charge is -2.08. The Bertz CT molecular complexity index is 832. The first kappa shape index (κ1) is 16.9. The molecule has 24 heavy (non-hydrogen) atoms. The van der Waals surface area contributed by atoms with Gasteiger partial charge >= 0.3 is 0 Å². The van der Waals surface area contributed by atoms with Crippen molar-refractivity contribution in [2.45, 2.75) is 5.16 Å². The highest BCUT2D eigenvalue weighted by Gasteiger charge is 2.09. The van der Waals surface area contributed by atoms with Crippen molar-refractivity contribution in [2.75, 3.05) is 11.1 Å². The van der Waals surface area contributed by atoms with Crippen LogP contribution in [0.4, 0.5) is 5.69 Å². The maximum atomic E-state index is 12.1. The standard InChI is InChI=1S/C17H13Cl2N3OS/c18-12-1-5-14(6-2-12)21-16(23)11-24-17-20-9-10-22(17)15-7-3-13(19)4-8-15/h1-10H,11H2,(H,21,23). The molecule has 1 heterocycles. The molecule has 122 valence electrons. The summed E-state index contributed by atoms with van der Waals surface area (Å²) in [7, 11) is 0. The molecule has 0 atom stereocenters. The average Bonchev–Trinajstić information content (AvgIpc) is 3.04. The molecule has 0 spiro atoms. The molecule has 0 unspecified atom stereocenters. The molecule has 0 fully saturated rings. The lowest BCUT2D eigenvalue weighted by molar-refractivity contribution is -0.113. The van der Waals surface area contributed by atoms with Gasteiger partial charge in [0.05, 0.1) is 5.75 Å². The Morgan fingerprint density at radius 2 is 1.67 bits per heavy atom. The molecule has 1 amide bonds. The highest BCUT2D eigenvalue weighted by Crippen LogP contribution is 2.22.